The first-order chi connectivity index (χ1) is 18.3. The van der Waals surface area contributed by atoms with Gasteiger partial charge in [0, 0.05) is 6.42 Å². The average molecular weight is 561 g/mol. The van der Waals surface area contributed by atoms with Gasteiger partial charge in [0.1, 0.15) is 11.5 Å². The maximum Gasteiger partial charge on any atom is 0.305 e. The Kier molecular flexibility index (Phi) is 18.9. The molecule has 4 nitrogen and oxygen atoms in total. The first kappa shape index (κ1) is 36.9. The zero-order valence-electron chi connectivity index (χ0n) is 26.4. The molecule has 1 atom stereocenters. The maximum absolute atomic E-state index is 11.3. The fourth-order valence-corrected chi connectivity index (χ4v) is 4.19. The summed E-state index contributed by atoms with van der Waals surface area (Å²) >= 11 is 0. The molecule has 2 rings (SSSR count). The van der Waals surface area contributed by atoms with Gasteiger partial charge in [-0.15, -0.1) is 0 Å². The first-order valence-electron chi connectivity index (χ1n) is 14.7. The molecule has 39 heavy (non-hydrogen) atoms. The summed E-state index contributed by atoms with van der Waals surface area (Å²) in [5, 5.41) is 10.6. The number of para-hydroxylation sites is 1. The van der Waals surface area contributed by atoms with E-state index < -0.39 is 0 Å². The van der Waals surface area contributed by atoms with Crippen LogP contribution in [0.3, 0.4) is 0 Å². The Morgan fingerprint density at radius 2 is 1.23 bits per heavy atom. The van der Waals surface area contributed by atoms with E-state index in [1.165, 1.54) is 58.5 Å². The Balaban J connectivity index is 0.000000659. The van der Waals surface area contributed by atoms with Crippen LogP contribution in [-0.4, -0.2) is 18.2 Å². The monoisotopic (exact) mass is 560 g/mol. The molecule has 1 unspecified atom stereocenters. The second-order valence-electron chi connectivity index (χ2n) is 12.2. The third kappa shape index (κ3) is 16.6. The summed E-state index contributed by atoms with van der Waals surface area (Å²) in [5.41, 5.74) is 2.62. The van der Waals surface area contributed by atoms with Gasteiger partial charge < -0.3 is 14.4 Å². The topological polar surface area (TPSA) is 55.8 Å². The van der Waals surface area contributed by atoms with Crippen molar-refractivity contribution >= 4 is 15.4 Å². The summed E-state index contributed by atoms with van der Waals surface area (Å²) in [5.74, 6) is 1.03. The molecular formula is C34H57O4P. The Labute approximate surface area is 242 Å². The molecule has 1 N–H and O–H groups in total. The van der Waals surface area contributed by atoms with Crippen molar-refractivity contribution in [3.05, 3.63) is 59.2 Å². The van der Waals surface area contributed by atoms with Crippen LogP contribution in [0, 0.1) is 0 Å². The van der Waals surface area contributed by atoms with Crippen LogP contribution in [0.25, 0.3) is 0 Å². The molecule has 0 radical (unpaired) electrons. The number of rotatable bonds is 11. The van der Waals surface area contributed by atoms with E-state index >= 15 is 0 Å². The molecule has 222 valence electrons. The molecule has 0 aromatic heterocycles. The number of phenols is 1. The smallest absolute Gasteiger partial charge is 0.305 e. The molecule has 2 aromatic rings. The van der Waals surface area contributed by atoms with Gasteiger partial charge in [0.15, 0.2) is 0 Å². The van der Waals surface area contributed by atoms with Crippen molar-refractivity contribution in [1.29, 1.82) is 0 Å². The van der Waals surface area contributed by atoms with Gasteiger partial charge in [0.05, 0.1) is 16.6 Å². The van der Waals surface area contributed by atoms with Crippen molar-refractivity contribution in [2.75, 3.05) is 7.11 Å². The first-order valence-corrected chi connectivity index (χ1v) is 15.1. The van der Waals surface area contributed by atoms with Crippen molar-refractivity contribution < 1.29 is 19.2 Å². The number of methoxy groups -OCH3 is 1. The van der Waals surface area contributed by atoms with E-state index in [0.717, 1.165) is 22.4 Å². The second kappa shape index (κ2) is 19.9. The van der Waals surface area contributed by atoms with E-state index in [1.54, 1.807) is 0 Å². The average Bonchev–Trinajstić information content (AvgIpc) is 2.89. The summed E-state index contributed by atoms with van der Waals surface area (Å²) in [4.78, 5) is 11.3. The zero-order chi connectivity index (χ0) is 29.9. The Morgan fingerprint density at radius 1 is 0.795 bits per heavy atom. The van der Waals surface area contributed by atoms with Gasteiger partial charge in [0.2, 0.25) is 0 Å². The number of aromatic hydroxyl groups is 1. The molecule has 0 spiro atoms. The van der Waals surface area contributed by atoms with Gasteiger partial charge in [-0.05, 0) is 46.1 Å². The van der Waals surface area contributed by atoms with Gasteiger partial charge in [-0.2, -0.15) is 0 Å². The lowest BCUT2D eigenvalue weighted by Gasteiger charge is -2.28. The van der Waals surface area contributed by atoms with Gasteiger partial charge in [-0.25, -0.2) is 0 Å². The zero-order valence-corrected chi connectivity index (χ0v) is 27.5. The molecular weight excluding hydrogens is 503 g/mol. The predicted molar refractivity (Wildman–Crippen MR) is 171 cm³/mol. The minimum absolute atomic E-state index is 0.147. The number of hydrogen-bond donors (Lipinski definition) is 1. The summed E-state index contributed by atoms with van der Waals surface area (Å²) in [6.07, 6.45) is 12.4. The fraction of sp³-hybridized carbons (Fsp3) is 0.618. The molecule has 0 heterocycles. The van der Waals surface area contributed by atoms with Gasteiger partial charge in [-0.1, -0.05) is 137 Å². The number of phenolic OH excluding ortho intramolecular Hbond substituents is 1. The van der Waals surface area contributed by atoms with Crippen LogP contribution in [0.2, 0.25) is 0 Å². The highest BCUT2D eigenvalue weighted by atomic mass is 31.0. The summed E-state index contributed by atoms with van der Waals surface area (Å²) < 4.78 is 9.53. The van der Waals surface area contributed by atoms with Crippen LogP contribution in [0.5, 0.6) is 11.5 Å². The quantitative estimate of drug-likeness (QED) is 0.169. The lowest BCUT2D eigenvalue weighted by molar-refractivity contribution is -0.140. The molecule has 0 saturated heterocycles. The Morgan fingerprint density at radius 3 is 1.56 bits per heavy atom. The second-order valence-corrected chi connectivity index (χ2v) is 12.4. The van der Waals surface area contributed by atoms with Crippen molar-refractivity contribution in [1.82, 2.24) is 0 Å². The number of unbranched alkanes of at least 4 members (excludes halogenated alkanes) is 7. The van der Waals surface area contributed by atoms with Gasteiger partial charge >= 0.3 is 5.97 Å². The lowest BCUT2D eigenvalue weighted by atomic mass is 9.78. The van der Waals surface area contributed by atoms with Crippen molar-refractivity contribution in [3.63, 3.8) is 0 Å². The molecule has 0 bridgehead atoms. The Hall–Kier alpha value is -2.06. The molecule has 0 aliphatic rings. The minimum atomic E-state index is -0.210. The number of aryl methyl sites for hydroxylation is 1. The highest BCUT2D eigenvalue weighted by Gasteiger charge is 2.26. The minimum Gasteiger partial charge on any atom is -0.507 e. The van der Waals surface area contributed by atoms with Crippen LogP contribution < -0.4 is 4.52 Å². The summed E-state index contributed by atoms with van der Waals surface area (Å²) in [7, 11) is 3.60. The molecule has 0 fully saturated rings. The summed E-state index contributed by atoms with van der Waals surface area (Å²) in [6, 6.07) is 13.6. The molecule has 0 aliphatic carbocycles. The van der Waals surface area contributed by atoms with Crippen molar-refractivity contribution in [2.24, 2.45) is 0 Å². The summed E-state index contributed by atoms with van der Waals surface area (Å²) in [6.45, 7) is 17.0. The van der Waals surface area contributed by atoms with E-state index in [-0.39, 0.29) is 16.8 Å². The predicted octanol–water partition coefficient (Wildman–Crippen LogP) is 10.1. The molecule has 2 aromatic carbocycles. The molecule has 0 aliphatic heterocycles. The highest BCUT2D eigenvalue weighted by Crippen LogP contribution is 2.40. The SMILES string of the molecule is CCCCCCCCCC.COC(=O)CCc1cc(C(C)(C)C)c(O)c(C(C)(C)C)c1.POc1ccccc1. The van der Waals surface area contributed by atoms with Crippen LogP contribution in [0.15, 0.2) is 42.5 Å². The lowest BCUT2D eigenvalue weighted by Crippen LogP contribution is -2.18. The number of esters is 1. The van der Waals surface area contributed by atoms with Crippen LogP contribution in [0.4, 0.5) is 0 Å². The maximum atomic E-state index is 11.3. The van der Waals surface area contributed by atoms with Gasteiger partial charge in [0.25, 0.3) is 0 Å². The Bertz CT molecular complexity index is 868. The number of benzene rings is 2. The van der Waals surface area contributed by atoms with E-state index in [1.807, 2.05) is 42.5 Å². The molecule has 5 heteroatoms. The largest absolute Gasteiger partial charge is 0.507 e. The fourth-order valence-electron chi connectivity index (χ4n) is 4.04. The van der Waals surface area contributed by atoms with E-state index in [0.29, 0.717) is 18.6 Å². The van der Waals surface area contributed by atoms with Crippen LogP contribution in [-0.2, 0) is 26.8 Å². The highest BCUT2D eigenvalue weighted by molar-refractivity contribution is 7.10. The van der Waals surface area contributed by atoms with Crippen molar-refractivity contribution in [3.8, 4) is 11.5 Å². The van der Waals surface area contributed by atoms with Crippen LogP contribution in [0.1, 0.15) is 130 Å². The standard InChI is InChI=1S/C18H28O3.C10H22.C6H7OP/c1-17(2,3)13-10-12(8-9-15(19)21-7)11-14(16(13)20)18(4,5)6;1-3-5-7-9-10-8-6-4-2;8-7-6-4-2-1-3-5-6/h10-11,20H,8-9H2,1-7H3;3-10H2,1-2H3;1-5H,8H2. The van der Waals surface area contributed by atoms with E-state index in [9.17, 15) is 9.90 Å². The van der Waals surface area contributed by atoms with E-state index in [2.05, 4.69) is 64.9 Å². The van der Waals surface area contributed by atoms with Crippen LogP contribution >= 0.6 is 9.47 Å². The number of ether oxygens (including phenoxy) is 1. The third-order valence-electron chi connectivity index (χ3n) is 6.47. The van der Waals surface area contributed by atoms with Gasteiger partial charge in [-0.3, -0.25) is 4.79 Å². The number of carbonyl (C=O) groups is 1. The number of hydrogen-bond acceptors (Lipinski definition) is 4. The number of carbonyl (C=O) groups excluding carboxylic acids is 1. The third-order valence-corrected chi connectivity index (χ3v) is 6.74. The molecule has 0 amide bonds. The normalized spacial score (nSPS) is 11.0. The van der Waals surface area contributed by atoms with E-state index in [4.69, 9.17) is 9.26 Å². The van der Waals surface area contributed by atoms with Crippen molar-refractivity contribution in [2.45, 2.75) is 130 Å². The molecule has 0 saturated carbocycles.